The highest BCUT2D eigenvalue weighted by Crippen LogP contribution is 2.38. The van der Waals surface area contributed by atoms with Gasteiger partial charge in [0.05, 0.1) is 31.3 Å². The molecular formula is C17H19NO6S. The van der Waals surface area contributed by atoms with Crippen molar-refractivity contribution in [3.63, 3.8) is 0 Å². The van der Waals surface area contributed by atoms with Gasteiger partial charge in [0.25, 0.3) is 0 Å². The van der Waals surface area contributed by atoms with E-state index in [-0.39, 0.29) is 28.6 Å². The summed E-state index contributed by atoms with van der Waals surface area (Å²) in [6.45, 7) is 0. The van der Waals surface area contributed by atoms with Gasteiger partial charge in [0.1, 0.15) is 0 Å². The van der Waals surface area contributed by atoms with Crippen LogP contribution < -0.4 is 14.2 Å². The Balaban J connectivity index is 1.97. The van der Waals surface area contributed by atoms with Crippen molar-refractivity contribution >= 4 is 10.0 Å². The molecule has 1 aliphatic heterocycles. The Morgan fingerprint density at radius 2 is 1.72 bits per heavy atom. The number of rotatable bonds is 4. The van der Waals surface area contributed by atoms with Crippen LogP contribution in [0.1, 0.15) is 17.2 Å². The monoisotopic (exact) mass is 365 g/mol. The number of nitrogens with one attached hydrogen (secondary N) is 1. The van der Waals surface area contributed by atoms with Crippen LogP contribution in [0.25, 0.3) is 0 Å². The number of benzene rings is 2. The summed E-state index contributed by atoms with van der Waals surface area (Å²) in [5.41, 5.74) is 1.02. The summed E-state index contributed by atoms with van der Waals surface area (Å²) < 4.78 is 37.6. The van der Waals surface area contributed by atoms with E-state index in [1.807, 2.05) is 0 Å². The van der Waals surface area contributed by atoms with Gasteiger partial charge in [0.2, 0.25) is 15.8 Å². The molecular weight excluding hydrogens is 346 g/mol. The first-order valence-corrected chi connectivity index (χ1v) is 9.09. The van der Waals surface area contributed by atoms with Gasteiger partial charge < -0.3 is 19.7 Å². The summed E-state index contributed by atoms with van der Waals surface area (Å²) in [4.78, 5) is 0.0830. The van der Waals surface area contributed by atoms with Crippen LogP contribution in [0, 0.1) is 0 Å². The van der Waals surface area contributed by atoms with Crippen LogP contribution in [-0.2, 0) is 16.4 Å². The minimum Gasteiger partial charge on any atom is -0.502 e. The lowest BCUT2D eigenvalue weighted by molar-refractivity contribution is 0.131. The molecule has 2 atom stereocenters. The summed E-state index contributed by atoms with van der Waals surface area (Å²) >= 11 is 0. The van der Waals surface area contributed by atoms with Crippen LogP contribution in [0.2, 0.25) is 0 Å². The topological polar surface area (TPSA) is 105 Å². The fraction of sp³-hybridized carbons (Fsp3) is 0.294. The van der Waals surface area contributed by atoms with E-state index in [1.165, 1.54) is 20.3 Å². The fourth-order valence-electron chi connectivity index (χ4n) is 2.99. The maximum atomic E-state index is 12.4. The molecule has 0 fully saturated rings. The molecule has 3 rings (SSSR count). The molecule has 0 radical (unpaired) electrons. The van der Waals surface area contributed by atoms with Crippen molar-refractivity contribution in [1.29, 1.82) is 0 Å². The van der Waals surface area contributed by atoms with Crippen molar-refractivity contribution in [3.05, 3.63) is 47.5 Å². The minimum absolute atomic E-state index is 0.0830. The number of phenolic OH excluding ortho intramolecular Hbond substituents is 1. The second-order valence-electron chi connectivity index (χ2n) is 5.76. The zero-order chi connectivity index (χ0) is 18.2. The van der Waals surface area contributed by atoms with Gasteiger partial charge >= 0.3 is 0 Å². The summed E-state index contributed by atoms with van der Waals surface area (Å²) in [7, 11) is -0.887. The molecule has 0 bridgehead atoms. The van der Waals surface area contributed by atoms with E-state index in [1.54, 1.807) is 30.3 Å². The number of sulfonamides is 1. The zero-order valence-corrected chi connectivity index (χ0v) is 14.6. The first-order chi connectivity index (χ1) is 11.9. The average Bonchev–Trinajstić information content (AvgIpc) is 2.60. The van der Waals surface area contributed by atoms with Gasteiger partial charge in [0.15, 0.2) is 11.5 Å². The lowest BCUT2D eigenvalue weighted by Gasteiger charge is -2.31. The molecule has 1 heterocycles. The Morgan fingerprint density at radius 3 is 2.32 bits per heavy atom. The largest absolute Gasteiger partial charge is 0.502 e. The molecule has 0 spiro atoms. The van der Waals surface area contributed by atoms with E-state index in [4.69, 9.17) is 9.47 Å². The second-order valence-corrected chi connectivity index (χ2v) is 7.45. The highest BCUT2D eigenvalue weighted by Gasteiger charge is 2.36. The summed E-state index contributed by atoms with van der Waals surface area (Å²) in [6.07, 6.45) is -0.799. The molecule has 0 saturated carbocycles. The predicted octanol–water partition coefficient (Wildman–Crippen LogP) is 1.35. The molecule has 8 heteroatoms. The molecule has 1 aliphatic rings. The van der Waals surface area contributed by atoms with Crippen LogP contribution in [0.3, 0.4) is 0 Å². The number of aliphatic hydroxyl groups is 1. The van der Waals surface area contributed by atoms with Crippen LogP contribution in [0.15, 0.2) is 41.3 Å². The number of phenols is 1. The molecule has 134 valence electrons. The smallest absolute Gasteiger partial charge is 0.241 e. The molecule has 0 unspecified atom stereocenters. The van der Waals surface area contributed by atoms with Crippen molar-refractivity contribution in [2.75, 3.05) is 14.2 Å². The highest BCUT2D eigenvalue weighted by atomic mass is 32.2. The molecule has 0 aliphatic carbocycles. The highest BCUT2D eigenvalue weighted by molar-refractivity contribution is 7.89. The Morgan fingerprint density at radius 1 is 1.12 bits per heavy atom. The van der Waals surface area contributed by atoms with Crippen LogP contribution in [0.4, 0.5) is 0 Å². The van der Waals surface area contributed by atoms with E-state index in [9.17, 15) is 18.6 Å². The number of methoxy groups -OCH3 is 2. The number of hydrogen-bond donors (Lipinski definition) is 3. The maximum Gasteiger partial charge on any atom is 0.241 e. The number of fused-ring (bicyclic) bond motifs is 1. The fourth-order valence-corrected chi connectivity index (χ4v) is 4.48. The van der Waals surface area contributed by atoms with Crippen LogP contribution in [-0.4, -0.2) is 38.9 Å². The van der Waals surface area contributed by atoms with E-state index >= 15 is 0 Å². The van der Waals surface area contributed by atoms with Gasteiger partial charge in [-0.3, -0.25) is 0 Å². The van der Waals surface area contributed by atoms with Gasteiger partial charge in [-0.05, 0) is 30.2 Å². The lowest BCUT2D eigenvalue weighted by Crippen LogP contribution is -2.45. The summed E-state index contributed by atoms with van der Waals surface area (Å²) in [6, 6.07) is 8.78. The molecule has 25 heavy (non-hydrogen) atoms. The maximum absolute atomic E-state index is 12.4. The molecule has 0 amide bonds. The van der Waals surface area contributed by atoms with E-state index in [0.717, 1.165) is 0 Å². The van der Waals surface area contributed by atoms with E-state index in [2.05, 4.69) is 4.72 Å². The van der Waals surface area contributed by atoms with Crippen molar-refractivity contribution < 1.29 is 28.1 Å². The lowest BCUT2D eigenvalue weighted by atomic mass is 9.96. The van der Waals surface area contributed by atoms with Crippen molar-refractivity contribution in [2.24, 2.45) is 0 Å². The molecule has 0 aromatic heterocycles. The normalized spacial score (nSPS) is 21.4. The van der Waals surface area contributed by atoms with Gasteiger partial charge in [0, 0.05) is 5.56 Å². The summed E-state index contributed by atoms with van der Waals surface area (Å²) in [5, 5.41) is 20.6. The Hall–Kier alpha value is -2.29. The van der Waals surface area contributed by atoms with Crippen molar-refractivity contribution in [1.82, 2.24) is 4.72 Å². The SMILES string of the molecule is COc1cc(C[C@@H]2NS(=O)(=O)c3ccccc3[C@H]2O)cc(OC)c1O. The third-order valence-corrected chi connectivity index (χ3v) is 5.77. The zero-order valence-electron chi connectivity index (χ0n) is 13.8. The number of hydrogen-bond acceptors (Lipinski definition) is 6. The molecule has 2 aromatic rings. The Labute approximate surface area is 145 Å². The number of aromatic hydroxyl groups is 1. The molecule has 7 nitrogen and oxygen atoms in total. The third-order valence-electron chi connectivity index (χ3n) is 4.21. The Bertz CT molecular complexity index is 871. The third kappa shape index (κ3) is 3.15. The van der Waals surface area contributed by atoms with Gasteiger partial charge in [-0.15, -0.1) is 0 Å². The first kappa shape index (κ1) is 17.5. The molecule has 0 saturated heterocycles. The quantitative estimate of drug-likeness (QED) is 0.755. The molecule has 2 aromatic carbocycles. The Kier molecular flexibility index (Phi) is 4.59. The van der Waals surface area contributed by atoms with Gasteiger partial charge in [-0.2, -0.15) is 0 Å². The standard InChI is InChI=1S/C17H19NO6S/c1-23-13-8-10(9-14(24-2)17(13)20)7-12-16(19)11-5-3-4-6-15(11)25(21,22)18-12/h3-6,8-9,12,16,18-20H,7H2,1-2H3/t12-,16+/m0/s1. The number of ether oxygens (including phenoxy) is 2. The first-order valence-electron chi connectivity index (χ1n) is 7.60. The molecule has 3 N–H and O–H groups in total. The summed E-state index contributed by atoms with van der Waals surface area (Å²) in [5.74, 6) is 0.287. The van der Waals surface area contributed by atoms with Crippen molar-refractivity contribution in [2.45, 2.75) is 23.5 Å². The van der Waals surface area contributed by atoms with Crippen molar-refractivity contribution in [3.8, 4) is 17.2 Å². The predicted molar refractivity (Wildman–Crippen MR) is 90.4 cm³/mol. The second kappa shape index (κ2) is 6.55. The van der Waals surface area contributed by atoms with Gasteiger partial charge in [-0.1, -0.05) is 18.2 Å². The van der Waals surface area contributed by atoms with Crippen LogP contribution in [0.5, 0.6) is 17.2 Å². The van der Waals surface area contributed by atoms with E-state index in [0.29, 0.717) is 11.1 Å². The van der Waals surface area contributed by atoms with Gasteiger partial charge in [-0.25, -0.2) is 13.1 Å². The van der Waals surface area contributed by atoms with E-state index < -0.39 is 22.2 Å². The number of aliphatic hydroxyl groups excluding tert-OH is 1. The average molecular weight is 365 g/mol. The van der Waals surface area contributed by atoms with Crippen LogP contribution >= 0.6 is 0 Å². The minimum atomic E-state index is -3.71.